The highest BCUT2D eigenvalue weighted by Gasteiger charge is 2.12. The first kappa shape index (κ1) is 10.6. The Hall–Kier alpha value is -2.59. The maximum Gasteiger partial charge on any atom is 0.258 e. The average Bonchev–Trinajstić information content (AvgIpc) is 3.09. The fourth-order valence-electron chi connectivity index (χ4n) is 1.39. The number of nitriles is 1. The van der Waals surface area contributed by atoms with Gasteiger partial charge in [-0.1, -0.05) is 5.16 Å². The Balaban J connectivity index is 2.01. The minimum atomic E-state index is 0.306. The van der Waals surface area contributed by atoms with Gasteiger partial charge in [0.25, 0.3) is 5.89 Å². The third-order valence-electron chi connectivity index (χ3n) is 2.21. The van der Waals surface area contributed by atoms with Crippen molar-refractivity contribution in [2.45, 2.75) is 0 Å². The van der Waals surface area contributed by atoms with Crippen LogP contribution in [0.3, 0.4) is 0 Å². The molecule has 0 saturated heterocycles. The van der Waals surface area contributed by atoms with Crippen LogP contribution in [0.4, 0.5) is 0 Å². The van der Waals surface area contributed by atoms with E-state index in [2.05, 4.69) is 20.1 Å². The Morgan fingerprint density at radius 2 is 2.28 bits per heavy atom. The molecule has 3 rings (SSSR count). The molecule has 3 heterocycles. The van der Waals surface area contributed by atoms with Crippen LogP contribution in [0, 0.1) is 11.3 Å². The van der Waals surface area contributed by atoms with E-state index < -0.39 is 0 Å². The molecular weight excluding hydrogens is 250 g/mol. The number of hydrogen-bond acceptors (Lipinski definition) is 7. The maximum absolute atomic E-state index is 8.78. The summed E-state index contributed by atoms with van der Waals surface area (Å²) in [6.45, 7) is 0. The smallest absolute Gasteiger partial charge is 0.258 e. The normalized spacial score (nSPS) is 10.2. The van der Waals surface area contributed by atoms with Crippen molar-refractivity contribution in [3.05, 3.63) is 34.9 Å². The topological polar surface area (TPSA) is 88.5 Å². The largest absolute Gasteiger partial charge is 0.334 e. The van der Waals surface area contributed by atoms with Crippen molar-refractivity contribution < 1.29 is 4.52 Å². The van der Waals surface area contributed by atoms with E-state index in [0.29, 0.717) is 28.7 Å². The molecule has 0 aliphatic carbocycles. The highest BCUT2D eigenvalue weighted by molar-refractivity contribution is 7.07. The standard InChI is InChI=1S/C11H5N5OS/c12-4-8-3-7(1-2-13-8)11-15-10(16-17-11)9-5-18-6-14-9/h1-3,5-6H. The highest BCUT2D eigenvalue weighted by atomic mass is 32.1. The van der Waals surface area contributed by atoms with Crippen LogP contribution in [0.5, 0.6) is 0 Å². The summed E-state index contributed by atoms with van der Waals surface area (Å²) in [5, 5.41) is 14.5. The summed E-state index contributed by atoms with van der Waals surface area (Å²) in [5.74, 6) is 0.776. The monoisotopic (exact) mass is 255 g/mol. The van der Waals surface area contributed by atoms with Crippen molar-refractivity contribution >= 4 is 11.3 Å². The fraction of sp³-hybridized carbons (Fsp3) is 0. The van der Waals surface area contributed by atoms with Crippen molar-refractivity contribution in [2.24, 2.45) is 0 Å². The third-order valence-corrected chi connectivity index (χ3v) is 2.80. The summed E-state index contributed by atoms with van der Waals surface area (Å²) in [7, 11) is 0. The molecule has 7 heteroatoms. The molecule has 6 nitrogen and oxygen atoms in total. The molecule has 86 valence electrons. The van der Waals surface area contributed by atoms with Gasteiger partial charge in [-0.15, -0.1) is 11.3 Å². The number of thiazole rings is 1. The zero-order valence-corrected chi connectivity index (χ0v) is 9.76. The molecular formula is C11H5N5OS. The Bertz CT molecular complexity index is 713. The fourth-order valence-corrected chi connectivity index (χ4v) is 1.92. The van der Waals surface area contributed by atoms with Crippen LogP contribution < -0.4 is 0 Å². The van der Waals surface area contributed by atoms with Crippen molar-refractivity contribution in [2.75, 3.05) is 0 Å². The second-order valence-corrected chi connectivity index (χ2v) is 4.06. The molecule has 0 spiro atoms. The molecule has 3 aromatic heterocycles. The predicted molar refractivity (Wildman–Crippen MR) is 63.4 cm³/mol. The van der Waals surface area contributed by atoms with Crippen LogP contribution in [0.25, 0.3) is 23.0 Å². The lowest BCUT2D eigenvalue weighted by Crippen LogP contribution is -1.84. The summed E-state index contributed by atoms with van der Waals surface area (Å²) >= 11 is 1.46. The Morgan fingerprint density at radius 3 is 3.06 bits per heavy atom. The van der Waals surface area contributed by atoms with E-state index in [-0.39, 0.29) is 0 Å². The summed E-state index contributed by atoms with van der Waals surface area (Å²) in [6, 6.07) is 5.26. The van der Waals surface area contributed by atoms with E-state index in [9.17, 15) is 0 Å². The van der Waals surface area contributed by atoms with Gasteiger partial charge in [-0.05, 0) is 12.1 Å². The molecule has 0 radical (unpaired) electrons. The van der Waals surface area contributed by atoms with Crippen molar-refractivity contribution in [3.8, 4) is 29.0 Å². The highest BCUT2D eigenvalue weighted by Crippen LogP contribution is 2.21. The molecule has 0 aliphatic rings. The number of nitrogens with zero attached hydrogens (tertiary/aromatic N) is 5. The minimum absolute atomic E-state index is 0.306. The second-order valence-electron chi connectivity index (χ2n) is 3.34. The number of pyridine rings is 1. The van der Waals surface area contributed by atoms with Crippen molar-refractivity contribution in [1.29, 1.82) is 5.26 Å². The van der Waals surface area contributed by atoms with E-state index >= 15 is 0 Å². The average molecular weight is 255 g/mol. The first-order valence-corrected chi connectivity index (χ1v) is 5.90. The van der Waals surface area contributed by atoms with Crippen molar-refractivity contribution in [1.82, 2.24) is 20.1 Å². The number of hydrogen-bond donors (Lipinski definition) is 0. The van der Waals surface area contributed by atoms with Crippen LogP contribution in [-0.4, -0.2) is 20.1 Å². The SMILES string of the molecule is N#Cc1cc(-c2nc(-c3cscn3)no2)ccn1. The number of aromatic nitrogens is 4. The Morgan fingerprint density at radius 1 is 1.33 bits per heavy atom. The molecule has 0 atom stereocenters. The molecule has 0 aromatic carbocycles. The quantitative estimate of drug-likeness (QED) is 0.696. The molecule has 0 aliphatic heterocycles. The lowest BCUT2D eigenvalue weighted by atomic mass is 10.2. The van der Waals surface area contributed by atoms with Gasteiger partial charge in [0.2, 0.25) is 5.82 Å². The molecule has 0 N–H and O–H groups in total. The van der Waals surface area contributed by atoms with Gasteiger partial charge in [0.1, 0.15) is 17.5 Å². The summed E-state index contributed by atoms with van der Waals surface area (Å²) < 4.78 is 5.14. The summed E-state index contributed by atoms with van der Waals surface area (Å²) in [6.07, 6.45) is 1.53. The van der Waals surface area contributed by atoms with Gasteiger partial charge in [0.15, 0.2) is 0 Å². The predicted octanol–water partition coefficient (Wildman–Crippen LogP) is 2.13. The van der Waals surface area contributed by atoms with Crippen LogP contribution in [0.2, 0.25) is 0 Å². The van der Waals surface area contributed by atoms with Gasteiger partial charge in [0.05, 0.1) is 5.51 Å². The zero-order valence-electron chi connectivity index (χ0n) is 8.94. The van der Waals surface area contributed by atoms with Crippen LogP contribution in [-0.2, 0) is 0 Å². The van der Waals surface area contributed by atoms with E-state index in [1.165, 1.54) is 17.5 Å². The molecule has 0 unspecified atom stereocenters. The van der Waals surface area contributed by atoms with Gasteiger partial charge in [-0.3, -0.25) is 0 Å². The second kappa shape index (κ2) is 4.35. The van der Waals surface area contributed by atoms with E-state index in [1.54, 1.807) is 17.6 Å². The van der Waals surface area contributed by atoms with E-state index in [0.717, 1.165) is 0 Å². The van der Waals surface area contributed by atoms with E-state index in [1.807, 2.05) is 11.4 Å². The van der Waals surface area contributed by atoms with Gasteiger partial charge in [-0.2, -0.15) is 10.2 Å². The maximum atomic E-state index is 8.78. The Labute approximate surface area is 106 Å². The molecule has 18 heavy (non-hydrogen) atoms. The molecule has 0 saturated carbocycles. The first-order chi connectivity index (χ1) is 8.86. The number of rotatable bonds is 2. The first-order valence-electron chi connectivity index (χ1n) is 4.95. The molecule has 0 fully saturated rings. The summed E-state index contributed by atoms with van der Waals surface area (Å²) in [4.78, 5) is 12.2. The zero-order chi connectivity index (χ0) is 12.4. The Kier molecular flexibility index (Phi) is 2.55. The summed E-state index contributed by atoms with van der Waals surface area (Å²) in [5.41, 5.74) is 3.34. The van der Waals surface area contributed by atoms with Crippen LogP contribution in [0.15, 0.2) is 33.7 Å². The van der Waals surface area contributed by atoms with Crippen LogP contribution in [0.1, 0.15) is 5.69 Å². The molecule has 0 amide bonds. The van der Waals surface area contributed by atoms with Crippen LogP contribution >= 0.6 is 11.3 Å². The molecule has 0 bridgehead atoms. The van der Waals surface area contributed by atoms with Gasteiger partial charge in [-0.25, -0.2) is 9.97 Å². The van der Waals surface area contributed by atoms with E-state index in [4.69, 9.17) is 9.78 Å². The molecule has 3 aromatic rings. The van der Waals surface area contributed by atoms with Gasteiger partial charge >= 0.3 is 0 Å². The van der Waals surface area contributed by atoms with Crippen molar-refractivity contribution in [3.63, 3.8) is 0 Å². The van der Waals surface area contributed by atoms with Gasteiger partial charge < -0.3 is 4.52 Å². The lowest BCUT2D eigenvalue weighted by Gasteiger charge is -1.92. The lowest BCUT2D eigenvalue weighted by molar-refractivity contribution is 0.432. The van der Waals surface area contributed by atoms with Gasteiger partial charge in [0, 0.05) is 17.1 Å². The third kappa shape index (κ3) is 1.85. The minimum Gasteiger partial charge on any atom is -0.334 e.